The summed E-state index contributed by atoms with van der Waals surface area (Å²) in [4.78, 5) is 4.37. The molecular weight excluding hydrogens is 290 g/mol. The molecule has 0 radical (unpaired) electrons. The van der Waals surface area contributed by atoms with Crippen molar-refractivity contribution in [2.75, 3.05) is 31.6 Å². The van der Waals surface area contributed by atoms with Crippen molar-refractivity contribution in [2.45, 2.75) is 37.7 Å². The Morgan fingerprint density at radius 3 is 2.86 bits per heavy atom. The number of pyridine rings is 1. The molecule has 1 aromatic heterocycles. The molecule has 1 N–H and O–H groups in total. The molecule has 6 nitrogen and oxygen atoms in total. The number of aromatic nitrogens is 1. The molecule has 21 heavy (non-hydrogen) atoms. The summed E-state index contributed by atoms with van der Waals surface area (Å²) in [6.07, 6.45) is 3.15. The Kier molecular flexibility index (Phi) is 5.55. The molecule has 0 amide bonds. The fourth-order valence-electron chi connectivity index (χ4n) is 2.46. The van der Waals surface area contributed by atoms with Gasteiger partial charge in [0.25, 0.3) is 0 Å². The quantitative estimate of drug-likeness (QED) is 0.865. The average Bonchev–Trinajstić information content (AvgIpc) is 2.49. The van der Waals surface area contributed by atoms with Gasteiger partial charge in [-0.2, -0.15) is 4.31 Å². The molecule has 1 saturated heterocycles. The number of sulfonamides is 1. The fraction of sp³-hybridized carbons (Fsp3) is 0.643. The second-order valence-corrected chi connectivity index (χ2v) is 6.93. The zero-order valence-corrected chi connectivity index (χ0v) is 13.4. The van der Waals surface area contributed by atoms with Crippen LogP contribution >= 0.6 is 0 Å². The van der Waals surface area contributed by atoms with Crippen molar-refractivity contribution in [1.29, 1.82) is 0 Å². The van der Waals surface area contributed by atoms with Gasteiger partial charge in [0, 0.05) is 32.4 Å². The first kappa shape index (κ1) is 16.2. The van der Waals surface area contributed by atoms with E-state index in [0.29, 0.717) is 25.5 Å². The highest BCUT2D eigenvalue weighted by molar-refractivity contribution is 7.89. The van der Waals surface area contributed by atoms with Gasteiger partial charge in [0.05, 0.1) is 6.10 Å². The molecule has 1 aliphatic rings. The molecule has 0 aliphatic carbocycles. The van der Waals surface area contributed by atoms with Gasteiger partial charge in [-0.15, -0.1) is 0 Å². The number of anilines is 1. The SMILES string of the molecule is CCNc1ccc(S(=O)(=O)N2CCCC(OCC)C2)cn1. The predicted molar refractivity (Wildman–Crippen MR) is 81.8 cm³/mol. The molecular formula is C14H23N3O3S. The normalized spacial score (nSPS) is 20.4. The van der Waals surface area contributed by atoms with Crippen LogP contribution in [0.25, 0.3) is 0 Å². The second-order valence-electron chi connectivity index (χ2n) is 4.99. The smallest absolute Gasteiger partial charge is 0.244 e. The molecule has 118 valence electrons. The van der Waals surface area contributed by atoms with E-state index in [1.54, 1.807) is 12.1 Å². The summed E-state index contributed by atoms with van der Waals surface area (Å²) < 4.78 is 32.3. The van der Waals surface area contributed by atoms with Crippen LogP contribution in [0.5, 0.6) is 0 Å². The van der Waals surface area contributed by atoms with E-state index in [4.69, 9.17) is 4.74 Å². The summed E-state index contributed by atoms with van der Waals surface area (Å²) in [5.74, 6) is 0.683. The number of hydrogen-bond acceptors (Lipinski definition) is 5. The first-order chi connectivity index (χ1) is 10.1. The molecule has 1 aliphatic heterocycles. The van der Waals surface area contributed by atoms with Gasteiger partial charge in [-0.25, -0.2) is 13.4 Å². The van der Waals surface area contributed by atoms with Crippen molar-refractivity contribution in [1.82, 2.24) is 9.29 Å². The Morgan fingerprint density at radius 2 is 2.24 bits per heavy atom. The van der Waals surface area contributed by atoms with Crippen molar-refractivity contribution < 1.29 is 13.2 Å². The molecule has 1 aromatic rings. The lowest BCUT2D eigenvalue weighted by Crippen LogP contribution is -2.43. The van der Waals surface area contributed by atoms with Crippen LogP contribution in [0.3, 0.4) is 0 Å². The van der Waals surface area contributed by atoms with Gasteiger partial charge in [0.1, 0.15) is 10.7 Å². The maximum atomic E-state index is 12.6. The highest BCUT2D eigenvalue weighted by Gasteiger charge is 2.30. The van der Waals surface area contributed by atoms with Crippen molar-refractivity contribution in [3.63, 3.8) is 0 Å². The van der Waals surface area contributed by atoms with E-state index >= 15 is 0 Å². The summed E-state index contributed by atoms with van der Waals surface area (Å²) in [6, 6.07) is 3.30. The van der Waals surface area contributed by atoms with E-state index in [-0.39, 0.29) is 11.0 Å². The molecule has 0 saturated carbocycles. The van der Waals surface area contributed by atoms with Gasteiger partial charge in [0.2, 0.25) is 10.0 Å². The highest BCUT2D eigenvalue weighted by atomic mass is 32.2. The molecule has 0 spiro atoms. The Hall–Kier alpha value is -1.18. The number of hydrogen-bond donors (Lipinski definition) is 1. The van der Waals surface area contributed by atoms with Crippen LogP contribution in [0.1, 0.15) is 26.7 Å². The first-order valence-corrected chi connectivity index (χ1v) is 8.83. The lowest BCUT2D eigenvalue weighted by atomic mass is 10.1. The zero-order chi connectivity index (χ0) is 15.3. The zero-order valence-electron chi connectivity index (χ0n) is 12.6. The minimum Gasteiger partial charge on any atom is -0.377 e. The van der Waals surface area contributed by atoms with Crippen molar-refractivity contribution >= 4 is 15.8 Å². The van der Waals surface area contributed by atoms with Crippen LogP contribution < -0.4 is 5.32 Å². The van der Waals surface area contributed by atoms with Crippen molar-refractivity contribution in [3.05, 3.63) is 18.3 Å². The fourth-order valence-corrected chi connectivity index (χ4v) is 3.92. The van der Waals surface area contributed by atoms with E-state index in [2.05, 4.69) is 10.3 Å². The monoisotopic (exact) mass is 313 g/mol. The summed E-state index contributed by atoms with van der Waals surface area (Å²) >= 11 is 0. The Balaban J connectivity index is 2.13. The third-order valence-electron chi connectivity index (χ3n) is 3.48. The molecule has 0 bridgehead atoms. The molecule has 1 atom stereocenters. The van der Waals surface area contributed by atoms with Gasteiger partial charge in [0.15, 0.2) is 0 Å². The van der Waals surface area contributed by atoms with E-state index in [0.717, 1.165) is 19.4 Å². The lowest BCUT2D eigenvalue weighted by Gasteiger charge is -2.31. The Morgan fingerprint density at radius 1 is 1.43 bits per heavy atom. The number of piperidine rings is 1. The van der Waals surface area contributed by atoms with Gasteiger partial charge in [-0.3, -0.25) is 0 Å². The van der Waals surface area contributed by atoms with E-state index < -0.39 is 10.0 Å². The number of nitrogens with zero attached hydrogens (tertiary/aromatic N) is 2. The van der Waals surface area contributed by atoms with Crippen LogP contribution in [-0.4, -0.2) is 50.1 Å². The van der Waals surface area contributed by atoms with Gasteiger partial charge in [-0.1, -0.05) is 0 Å². The highest BCUT2D eigenvalue weighted by Crippen LogP contribution is 2.22. The topological polar surface area (TPSA) is 71.5 Å². The van der Waals surface area contributed by atoms with Crippen LogP contribution in [-0.2, 0) is 14.8 Å². The molecule has 7 heteroatoms. The molecule has 1 fully saturated rings. The first-order valence-electron chi connectivity index (χ1n) is 7.39. The maximum Gasteiger partial charge on any atom is 0.244 e. The van der Waals surface area contributed by atoms with Crippen molar-refractivity contribution in [2.24, 2.45) is 0 Å². The number of ether oxygens (including phenoxy) is 1. The molecule has 1 unspecified atom stereocenters. The molecule has 0 aromatic carbocycles. The Labute approximate surface area is 126 Å². The van der Waals surface area contributed by atoms with Gasteiger partial charge < -0.3 is 10.1 Å². The number of nitrogens with one attached hydrogen (secondary N) is 1. The Bertz CT molecular complexity index is 543. The van der Waals surface area contributed by atoms with Crippen LogP contribution in [0.2, 0.25) is 0 Å². The average molecular weight is 313 g/mol. The van der Waals surface area contributed by atoms with Gasteiger partial charge >= 0.3 is 0 Å². The standard InChI is InChI=1S/C14H23N3O3S/c1-3-15-14-8-7-13(10-16-14)21(18,19)17-9-5-6-12(11-17)20-4-2/h7-8,10,12H,3-6,9,11H2,1-2H3,(H,15,16). The van der Waals surface area contributed by atoms with Gasteiger partial charge in [-0.05, 0) is 38.8 Å². The third-order valence-corrected chi connectivity index (χ3v) is 5.32. The largest absolute Gasteiger partial charge is 0.377 e. The second kappa shape index (κ2) is 7.20. The molecule has 2 rings (SSSR count). The van der Waals surface area contributed by atoms with Crippen LogP contribution in [0, 0.1) is 0 Å². The van der Waals surface area contributed by atoms with Crippen LogP contribution in [0.4, 0.5) is 5.82 Å². The molecule has 2 heterocycles. The third kappa shape index (κ3) is 3.93. The lowest BCUT2D eigenvalue weighted by molar-refractivity contribution is 0.0265. The maximum absolute atomic E-state index is 12.6. The van der Waals surface area contributed by atoms with Crippen LogP contribution in [0.15, 0.2) is 23.2 Å². The minimum absolute atomic E-state index is 0.00693. The summed E-state index contributed by atoms with van der Waals surface area (Å²) in [5.41, 5.74) is 0. The van der Waals surface area contributed by atoms with E-state index in [1.165, 1.54) is 10.5 Å². The predicted octanol–water partition coefficient (Wildman–Crippen LogP) is 1.70. The van der Waals surface area contributed by atoms with E-state index in [1.807, 2.05) is 13.8 Å². The minimum atomic E-state index is -3.48. The van der Waals surface area contributed by atoms with Crippen molar-refractivity contribution in [3.8, 4) is 0 Å². The summed E-state index contributed by atoms with van der Waals surface area (Å²) in [6.45, 7) is 6.22. The summed E-state index contributed by atoms with van der Waals surface area (Å²) in [7, 11) is -3.48. The van der Waals surface area contributed by atoms with E-state index in [9.17, 15) is 8.42 Å². The number of rotatable bonds is 6. The summed E-state index contributed by atoms with van der Waals surface area (Å²) in [5, 5.41) is 3.05.